The fourth-order valence-electron chi connectivity index (χ4n) is 3.61. The maximum absolute atomic E-state index is 13.2. The van der Waals surface area contributed by atoms with Crippen LogP contribution in [0.15, 0.2) is 59.5 Å². The van der Waals surface area contributed by atoms with Gasteiger partial charge in [-0.1, -0.05) is 43.7 Å². The van der Waals surface area contributed by atoms with Crippen LogP contribution < -0.4 is 20.9 Å². The number of carbonyl (C=O) groups excluding carboxylic acids is 3. The summed E-state index contributed by atoms with van der Waals surface area (Å²) < 4.78 is 34.8. The summed E-state index contributed by atoms with van der Waals surface area (Å²) in [6.07, 6.45) is 4.65. The lowest BCUT2D eigenvalue weighted by molar-refractivity contribution is -0.137. The molecule has 41 heavy (non-hydrogen) atoms. The number of sulfonamides is 1. The molecule has 0 fully saturated rings. The Morgan fingerprint density at radius 3 is 2.46 bits per heavy atom. The van der Waals surface area contributed by atoms with Gasteiger partial charge in [-0.25, -0.2) is 17.9 Å². The molecule has 1 unspecified atom stereocenters. The number of rotatable bonds is 16. The van der Waals surface area contributed by atoms with Crippen molar-refractivity contribution in [3.63, 3.8) is 0 Å². The lowest BCUT2D eigenvalue weighted by atomic mass is 10.1. The molecule has 2 amide bonds. The quantitative estimate of drug-likeness (QED) is 0.196. The summed E-state index contributed by atoms with van der Waals surface area (Å²) in [7, 11) is -4.24. The average Bonchev–Trinajstić information content (AvgIpc) is 2.90. The van der Waals surface area contributed by atoms with Gasteiger partial charge >= 0.3 is 5.97 Å². The number of anilines is 1. The predicted octanol–water partition coefficient (Wildman–Crippen LogP) is 2.99. The van der Waals surface area contributed by atoms with Crippen LogP contribution in [-0.4, -0.2) is 49.2 Å². The molecule has 1 heterocycles. The van der Waals surface area contributed by atoms with Crippen LogP contribution in [0.4, 0.5) is 5.69 Å². The first kappa shape index (κ1) is 33.7. The monoisotopic (exact) mass is 608 g/mol. The maximum atomic E-state index is 13.2. The second kappa shape index (κ2) is 16.7. The van der Waals surface area contributed by atoms with Crippen LogP contribution >= 0.6 is 11.6 Å². The first-order valence-electron chi connectivity index (χ1n) is 13.3. The van der Waals surface area contributed by atoms with Gasteiger partial charge in [0.05, 0.1) is 6.61 Å². The van der Waals surface area contributed by atoms with Gasteiger partial charge in [-0.05, 0) is 61.9 Å². The molecule has 0 saturated heterocycles. The third-order valence-corrected chi connectivity index (χ3v) is 7.83. The van der Waals surface area contributed by atoms with Gasteiger partial charge in [0.15, 0.2) is 5.25 Å². The fourth-order valence-corrected chi connectivity index (χ4v) is 5.09. The SMILES string of the molecule is CCOC(=O)/C=C/CCC(C(=O)Nc1cccn(CC(=O)NCCC(C)C)c1=O)S(=O)(=O)NCc1ccc(Cl)cc1. The molecule has 1 atom stereocenters. The smallest absolute Gasteiger partial charge is 0.330 e. The number of amides is 2. The van der Waals surface area contributed by atoms with Crippen molar-refractivity contribution in [1.82, 2.24) is 14.6 Å². The molecule has 1 aromatic carbocycles. The van der Waals surface area contributed by atoms with Gasteiger partial charge in [-0.2, -0.15) is 0 Å². The number of benzene rings is 1. The van der Waals surface area contributed by atoms with Crippen LogP contribution in [-0.2, 0) is 42.2 Å². The first-order valence-corrected chi connectivity index (χ1v) is 15.2. The van der Waals surface area contributed by atoms with Gasteiger partial charge in [0, 0.05) is 30.4 Å². The predicted molar refractivity (Wildman–Crippen MR) is 158 cm³/mol. The summed E-state index contributed by atoms with van der Waals surface area (Å²) in [5.41, 5.74) is -0.211. The summed E-state index contributed by atoms with van der Waals surface area (Å²) in [6, 6.07) is 9.32. The van der Waals surface area contributed by atoms with E-state index in [-0.39, 0.29) is 44.1 Å². The van der Waals surface area contributed by atoms with E-state index < -0.39 is 32.7 Å². The van der Waals surface area contributed by atoms with Crippen molar-refractivity contribution in [2.45, 2.75) is 58.4 Å². The first-order chi connectivity index (χ1) is 19.4. The van der Waals surface area contributed by atoms with Gasteiger partial charge in [-0.15, -0.1) is 0 Å². The van der Waals surface area contributed by atoms with Crippen LogP contribution in [0.5, 0.6) is 0 Å². The van der Waals surface area contributed by atoms with Crippen molar-refractivity contribution in [3.8, 4) is 0 Å². The molecule has 2 aromatic rings. The van der Waals surface area contributed by atoms with Crippen LogP contribution in [0, 0.1) is 5.92 Å². The summed E-state index contributed by atoms with van der Waals surface area (Å²) in [6.45, 7) is 6.01. The molecule has 0 radical (unpaired) electrons. The minimum atomic E-state index is -4.24. The number of pyridine rings is 1. The van der Waals surface area contributed by atoms with E-state index in [0.717, 1.165) is 17.1 Å². The molecule has 13 heteroatoms. The van der Waals surface area contributed by atoms with Gasteiger partial charge in [0.2, 0.25) is 21.8 Å². The van der Waals surface area contributed by atoms with Crippen LogP contribution in [0.25, 0.3) is 0 Å². The van der Waals surface area contributed by atoms with Crippen molar-refractivity contribution < 1.29 is 27.5 Å². The summed E-state index contributed by atoms with van der Waals surface area (Å²) in [4.78, 5) is 50.1. The lowest BCUT2D eigenvalue weighted by Crippen LogP contribution is -2.43. The number of aromatic nitrogens is 1. The molecule has 0 saturated carbocycles. The molecule has 11 nitrogen and oxygen atoms in total. The summed E-state index contributed by atoms with van der Waals surface area (Å²) >= 11 is 5.89. The number of carbonyl (C=O) groups is 3. The Hall–Kier alpha value is -3.48. The second-order valence-corrected chi connectivity index (χ2v) is 12.0. The number of ether oxygens (including phenoxy) is 1. The van der Waals surface area contributed by atoms with Crippen molar-refractivity contribution >= 4 is 45.1 Å². The number of hydrogen-bond acceptors (Lipinski definition) is 7. The van der Waals surface area contributed by atoms with E-state index in [9.17, 15) is 27.6 Å². The van der Waals surface area contributed by atoms with Crippen molar-refractivity contribution in [2.24, 2.45) is 5.92 Å². The van der Waals surface area contributed by atoms with Gasteiger partial charge in [-0.3, -0.25) is 14.4 Å². The van der Waals surface area contributed by atoms with Gasteiger partial charge < -0.3 is 19.9 Å². The molecule has 3 N–H and O–H groups in total. The van der Waals surface area contributed by atoms with E-state index in [1.54, 1.807) is 31.2 Å². The Morgan fingerprint density at radius 2 is 1.80 bits per heavy atom. The van der Waals surface area contributed by atoms with E-state index in [1.165, 1.54) is 24.4 Å². The zero-order chi connectivity index (χ0) is 30.4. The highest BCUT2D eigenvalue weighted by atomic mass is 35.5. The standard InChI is InChI=1S/C28H37ClN4O7S/c1-4-40-26(35)10-6-5-9-24(41(38,39)31-18-21-11-13-22(29)14-12-21)27(36)32-23-8-7-17-33(28(23)37)19-25(34)30-16-15-20(2)3/h6-8,10-14,17,20,24,31H,4-5,9,15-16,18-19H2,1-3H3,(H,30,34)(H,32,36)/b10-6+. The van der Waals surface area contributed by atoms with E-state index in [1.807, 2.05) is 13.8 Å². The van der Waals surface area contributed by atoms with E-state index >= 15 is 0 Å². The lowest BCUT2D eigenvalue weighted by Gasteiger charge is -2.18. The highest BCUT2D eigenvalue weighted by Crippen LogP contribution is 2.14. The van der Waals surface area contributed by atoms with Gasteiger partial charge in [0.1, 0.15) is 12.2 Å². The Bertz CT molecular complexity index is 1370. The number of allylic oxidation sites excluding steroid dienone is 1. The molecule has 0 aliphatic carbocycles. The van der Waals surface area contributed by atoms with E-state index in [4.69, 9.17) is 16.3 Å². The molecular formula is C28H37ClN4O7S. The average molecular weight is 609 g/mol. The van der Waals surface area contributed by atoms with Crippen molar-refractivity contribution in [2.75, 3.05) is 18.5 Å². The molecule has 0 spiro atoms. The number of halogens is 1. The number of esters is 1. The third-order valence-electron chi connectivity index (χ3n) is 5.83. The van der Waals surface area contributed by atoms with Crippen LogP contribution in [0.1, 0.15) is 45.6 Å². The van der Waals surface area contributed by atoms with Crippen molar-refractivity contribution in [1.29, 1.82) is 0 Å². The molecule has 0 bridgehead atoms. The Labute approximate surface area is 245 Å². The molecule has 0 aliphatic heterocycles. The Balaban J connectivity index is 2.19. The zero-order valence-corrected chi connectivity index (χ0v) is 25.0. The third kappa shape index (κ3) is 11.9. The number of hydrogen-bond donors (Lipinski definition) is 3. The summed E-state index contributed by atoms with van der Waals surface area (Å²) in [5.74, 6) is -1.48. The fraction of sp³-hybridized carbons (Fsp3) is 0.429. The van der Waals surface area contributed by atoms with Crippen LogP contribution in [0.2, 0.25) is 5.02 Å². The summed E-state index contributed by atoms with van der Waals surface area (Å²) in [5, 5.41) is 4.04. The molecule has 224 valence electrons. The number of nitrogens with zero attached hydrogens (tertiary/aromatic N) is 1. The zero-order valence-electron chi connectivity index (χ0n) is 23.4. The van der Waals surface area contributed by atoms with E-state index in [0.29, 0.717) is 23.0 Å². The highest BCUT2D eigenvalue weighted by molar-refractivity contribution is 7.90. The van der Waals surface area contributed by atoms with Gasteiger partial charge in [0.25, 0.3) is 5.56 Å². The topological polar surface area (TPSA) is 153 Å². The maximum Gasteiger partial charge on any atom is 0.330 e. The Kier molecular flexibility index (Phi) is 13.7. The normalized spacial score (nSPS) is 12.3. The number of nitrogens with one attached hydrogen (secondary N) is 3. The molecule has 0 aliphatic rings. The second-order valence-electron chi connectivity index (χ2n) is 9.59. The minimum absolute atomic E-state index is 0.0638. The molecule has 2 rings (SSSR count). The highest BCUT2D eigenvalue weighted by Gasteiger charge is 2.32. The molecular weight excluding hydrogens is 572 g/mol. The molecule has 1 aromatic heterocycles. The van der Waals surface area contributed by atoms with E-state index in [2.05, 4.69) is 15.4 Å². The van der Waals surface area contributed by atoms with Crippen LogP contribution in [0.3, 0.4) is 0 Å². The minimum Gasteiger partial charge on any atom is -0.463 e. The van der Waals surface area contributed by atoms with Crippen molar-refractivity contribution in [3.05, 3.63) is 75.7 Å². The Morgan fingerprint density at radius 1 is 1.10 bits per heavy atom. The largest absolute Gasteiger partial charge is 0.463 e.